The molecular weight excluding hydrogens is 625 g/mol. The Morgan fingerprint density at radius 1 is 1.05 bits per heavy atom. The van der Waals surface area contributed by atoms with Gasteiger partial charge in [-0.25, -0.2) is 9.18 Å². The van der Waals surface area contributed by atoms with Crippen molar-refractivity contribution in [3.05, 3.63) is 99.0 Å². The van der Waals surface area contributed by atoms with Gasteiger partial charge in [0.2, 0.25) is 5.91 Å². The molecule has 0 radical (unpaired) electrons. The molecular formula is C27H22BrClFN5O4S. The van der Waals surface area contributed by atoms with Crippen molar-refractivity contribution < 1.29 is 23.5 Å². The molecule has 4 aromatic rings. The summed E-state index contributed by atoms with van der Waals surface area (Å²) in [5.41, 5.74) is 1.33. The summed E-state index contributed by atoms with van der Waals surface area (Å²) < 4.78 is 21.7. The third-order valence-corrected chi connectivity index (χ3v) is 7.17. The number of rotatable bonds is 10. The van der Waals surface area contributed by atoms with Crippen molar-refractivity contribution in [1.29, 1.82) is 0 Å². The molecule has 0 saturated carbocycles. The highest BCUT2D eigenvalue weighted by Gasteiger charge is 2.20. The number of benzene rings is 3. The van der Waals surface area contributed by atoms with Crippen molar-refractivity contribution in [2.45, 2.75) is 18.6 Å². The Hall–Kier alpha value is -3.74. The van der Waals surface area contributed by atoms with Crippen molar-refractivity contribution >= 4 is 62.8 Å². The van der Waals surface area contributed by atoms with Crippen LogP contribution in [0.15, 0.2) is 76.4 Å². The van der Waals surface area contributed by atoms with E-state index in [9.17, 15) is 18.8 Å². The molecule has 1 heterocycles. The average molecular weight is 647 g/mol. The van der Waals surface area contributed by atoms with E-state index < -0.39 is 17.7 Å². The molecule has 9 nitrogen and oxygen atoms in total. The van der Waals surface area contributed by atoms with Crippen LogP contribution in [0.1, 0.15) is 33.5 Å². The molecule has 0 atom stereocenters. The number of nitrogens with one attached hydrogen (secondary N) is 2. The highest BCUT2D eigenvalue weighted by Crippen LogP contribution is 2.24. The van der Waals surface area contributed by atoms with Gasteiger partial charge >= 0.3 is 5.97 Å². The number of hydrogen-bond donors (Lipinski definition) is 2. The number of esters is 1. The molecule has 2 amide bonds. The van der Waals surface area contributed by atoms with Crippen LogP contribution >= 0.6 is 39.3 Å². The van der Waals surface area contributed by atoms with Gasteiger partial charge in [0.1, 0.15) is 5.82 Å². The minimum absolute atomic E-state index is 0.00544. The monoisotopic (exact) mass is 645 g/mol. The molecule has 0 saturated heterocycles. The van der Waals surface area contributed by atoms with E-state index in [2.05, 4.69) is 36.8 Å². The lowest BCUT2D eigenvalue weighted by Gasteiger charge is -2.12. The van der Waals surface area contributed by atoms with Gasteiger partial charge in [-0.3, -0.25) is 14.2 Å². The van der Waals surface area contributed by atoms with Crippen LogP contribution < -0.4 is 10.6 Å². The van der Waals surface area contributed by atoms with Crippen molar-refractivity contribution in [3.8, 4) is 5.69 Å². The number of halogens is 3. The number of amides is 2. The first-order valence-electron chi connectivity index (χ1n) is 11.9. The lowest BCUT2D eigenvalue weighted by molar-refractivity contribution is -0.113. The third kappa shape index (κ3) is 7.26. The number of ether oxygens (including phenoxy) is 1. The number of thioether (sulfide) groups is 1. The predicted molar refractivity (Wildman–Crippen MR) is 153 cm³/mol. The van der Waals surface area contributed by atoms with E-state index in [-0.39, 0.29) is 35.4 Å². The topological polar surface area (TPSA) is 115 Å². The normalized spacial score (nSPS) is 10.7. The highest BCUT2D eigenvalue weighted by molar-refractivity contribution is 9.10. The second-order valence-electron chi connectivity index (χ2n) is 8.12. The lowest BCUT2D eigenvalue weighted by Crippen LogP contribution is -2.26. The van der Waals surface area contributed by atoms with E-state index in [0.717, 1.165) is 22.3 Å². The number of carbonyl (C=O) groups is 3. The van der Waals surface area contributed by atoms with Crippen LogP contribution in [0.4, 0.5) is 10.1 Å². The minimum Gasteiger partial charge on any atom is -0.462 e. The summed E-state index contributed by atoms with van der Waals surface area (Å²) in [5.74, 6) is -1.81. The van der Waals surface area contributed by atoms with Gasteiger partial charge in [0.15, 0.2) is 11.0 Å². The fraction of sp³-hybridized carbons (Fsp3) is 0.148. The van der Waals surface area contributed by atoms with Gasteiger partial charge in [-0.2, -0.15) is 0 Å². The Kier molecular flexibility index (Phi) is 9.91. The molecule has 4 rings (SSSR count). The third-order valence-electron chi connectivity index (χ3n) is 5.39. The first-order valence-corrected chi connectivity index (χ1v) is 14.0. The summed E-state index contributed by atoms with van der Waals surface area (Å²) in [7, 11) is 0. The van der Waals surface area contributed by atoms with Gasteiger partial charge in [0.05, 0.1) is 35.1 Å². The van der Waals surface area contributed by atoms with Gasteiger partial charge in [-0.15, -0.1) is 10.2 Å². The van der Waals surface area contributed by atoms with E-state index in [4.69, 9.17) is 16.3 Å². The molecule has 0 bridgehead atoms. The summed E-state index contributed by atoms with van der Waals surface area (Å²) >= 11 is 10.6. The Balaban J connectivity index is 1.47. The fourth-order valence-electron chi connectivity index (χ4n) is 3.55. The van der Waals surface area contributed by atoms with Crippen LogP contribution in [-0.4, -0.2) is 44.9 Å². The molecule has 3 aromatic carbocycles. The van der Waals surface area contributed by atoms with E-state index in [1.54, 1.807) is 35.8 Å². The van der Waals surface area contributed by atoms with Crippen molar-refractivity contribution in [2.75, 3.05) is 17.7 Å². The Morgan fingerprint density at radius 3 is 2.45 bits per heavy atom. The molecule has 2 N–H and O–H groups in total. The Labute approximate surface area is 246 Å². The molecule has 40 heavy (non-hydrogen) atoms. The average Bonchev–Trinajstić information content (AvgIpc) is 3.34. The smallest absolute Gasteiger partial charge is 0.338 e. The summed E-state index contributed by atoms with van der Waals surface area (Å²) in [6, 6.07) is 17.7. The maximum absolute atomic E-state index is 14.2. The highest BCUT2D eigenvalue weighted by atomic mass is 79.9. The van der Waals surface area contributed by atoms with E-state index in [1.165, 1.54) is 12.1 Å². The van der Waals surface area contributed by atoms with Crippen LogP contribution in [0, 0.1) is 5.82 Å². The molecule has 13 heteroatoms. The van der Waals surface area contributed by atoms with Crippen LogP contribution in [0.25, 0.3) is 5.69 Å². The minimum atomic E-state index is -0.739. The maximum Gasteiger partial charge on any atom is 0.338 e. The Morgan fingerprint density at radius 2 is 1.77 bits per heavy atom. The quantitative estimate of drug-likeness (QED) is 0.169. The SMILES string of the molecule is CCOC(=O)c1ccc(NC(=O)CSc2nnc(CNC(=O)c3c(F)cccc3Cl)n2-c2ccc(Br)cc2)cc1. The van der Waals surface area contributed by atoms with Crippen molar-refractivity contribution in [2.24, 2.45) is 0 Å². The largest absolute Gasteiger partial charge is 0.462 e. The number of nitrogens with zero attached hydrogens (tertiary/aromatic N) is 3. The molecule has 0 unspecified atom stereocenters. The zero-order valence-corrected chi connectivity index (χ0v) is 24.1. The second-order valence-corrected chi connectivity index (χ2v) is 10.4. The van der Waals surface area contributed by atoms with Crippen molar-refractivity contribution in [1.82, 2.24) is 20.1 Å². The van der Waals surface area contributed by atoms with Crippen LogP contribution in [0.2, 0.25) is 5.02 Å². The molecule has 0 aliphatic heterocycles. The van der Waals surface area contributed by atoms with Gasteiger partial charge in [0, 0.05) is 15.8 Å². The zero-order valence-electron chi connectivity index (χ0n) is 21.0. The van der Waals surface area contributed by atoms with Crippen LogP contribution in [0.3, 0.4) is 0 Å². The summed E-state index contributed by atoms with van der Waals surface area (Å²) in [6.07, 6.45) is 0. The summed E-state index contributed by atoms with van der Waals surface area (Å²) in [5, 5.41) is 14.2. The van der Waals surface area contributed by atoms with Gasteiger partial charge < -0.3 is 15.4 Å². The van der Waals surface area contributed by atoms with Crippen LogP contribution in [-0.2, 0) is 16.1 Å². The van der Waals surface area contributed by atoms with Crippen LogP contribution in [0.5, 0.6) is 0 Å². The van der Waals surface area contributed by atoms with Gasteiger partial charge in [-0.05, 0) is 67.6 Å². The fourth-order valence-corrected chi connectivity index (χ4v) is 4.84. The zero-order chi connectivity index (χ0) is 28.6. The number of carbonyl (C=O) groups excluding carboxylic acids is 3. The molecule has 0 aliphatic carbocycles. The van der Waals surface area contributed by atoms with Crippen molar-refractivity contribution in [3.63, 3.8) is 0 Å². The first kappa shape index (κ1) is 29.2. The molecule has 206 valence electrons. The molecule has 1 aromatic heterocycles. The van der Waals surface area contributed by atoms with E-state index in [1.807, 2.05) is 24.3 Å². The maximum atomic E-state index is 14.2. The first-order chi connectivity index (χ1) is 19.3. The Bertz CT molecular complexity index is 1510. The number of anilines is 1. The summed E-state index contributed by atoms with van der Waals surface area (Å²) in [6.45, 7) is 1.92. The van der Waals surface area contributed by atoms with E-state index in [0.29, 0.717) is 27.9 Å². The number of aromatic nitrogens is 3. The second kappa shape index (κ2) is 13.6. The van der Waals surface area contributed by atoms with Gasteiger partial charge in [-0.1, -0.05) is 45.4 Å². The lowest BCUT2D eigenvalue weighted by atomic mass is 10.2. The predicted octanol–water partition coefficient (Wildman–Crippen LogP) is 5.66. The summed E-state index contributed by atoms with van der Waals surface area (Å²) in [4.78, 5) is 37.1. The standard InChI is InChI=1S/C27H22BrClFN5O4S/c1-2-39-26(38)16-6-10-18(11-7-16)32-23(36)15-40-27-34-33-22(35(27)19-12-8-17(28)9-13-19)14-31-25(37)24-20(29)4-3-5-21(24)30/h3-13H,2,14-15H2,1H3,(H,31,37)(H,32,36). The molecule has 0 aliphatic rings. The molecule has 0 fully saturated rings. The molecule has 0 spiro atoms. The number of hydrogen-bond acceptors (Lipinski definition) is 7. The van der Waals surface area contributed by atoms with E-state index >= 15 is 0 Å². The van der Waals surface area contributed by atoms with Gasteiger partial charge in [0.25, 0.3) is 5.91 Å².